The van der Waals surface area contributed by atoms with E-state index >= 15 is 0 Å². The Balaban J connectivity index is 1.30. The topological polar surface area (TPSA) is 135 Å². The van der Waals surface area contributed by atoms with Gasteiger partial charge in [0.1, 0.15) is 28.0 Å². The number of hydrogen-bond acceptors (Lipinski definition) is 7. The number of amides is 4. The molecule has 2 aromatic carbocycles. The van der Waals surface area contributed by atoms with Gasteiger partial charge < -0.3 is 19.4 Å². The summed E-state index contributed by atoms with van der Waals surface area (Å²) in [7, 11) is 1.53. The minimum atomic E-state index is -1.40. The van der Waals surface area contributed by atoms with Crippen LogP contribution in [0.25, 0.3) is 11.0 Å². The molecule has 4 heterocycles. The molecule has 10 nitrogen and oxygen atoms in total. The highest BCUT2D eigenvalue weighted by molar-refractivity contribution is 6.12. The molecule has 2 fully saturated rings. The number of methoxy groups -OCH3 is 1. The third-order valence-corrected chi connectivity index (χ3v) is 8.43. The quantitative estimate of drug-likeness (QED) is 0.400. The fourth-order valence-electron chi connectivity index (χ4n) is 6.53. The number of ether oxygens (including phenoxy) is 1. The first-order valence-electron chi connectivity index (χ1n) is 12.5. The molecular formula is C28H23N3O7. The normalized spacial score (nSPS) is 25.9. The second-order valence-electron chi connectivity index (χ2n) is 10.5. The van der Waals surface area contributed by atoms with E-state index < -0.39 is 22.8 Å². The maximum absolute atomic E-state index is 13.3. The number of furan rings is 1. The van der Waals surface area contributed by atoms with Crippen LogP contribution in [0.1, 0.15) is 52.1 Å². The van der Waals surface area contributed by atoms with Crippen molar-refractivity contribution in [2.75, 3.05) is 13.7 Å². The van der Waals surface area contributed by atoms with E-state index in [4.69, 9.17) is 9.15 Å². The van der Waals surface area contributed by atoms with Crippen LogP contribution in [0.4, 0.5) is 0 Å². The van der Waals surface area contributed by atoms with Crippen LogP contribution in [-0.2, 0) is 43.1 Å². The summed E-state index contributed by atoms with van der Waals surface area (Å²) >= 11 is 0. The lowest BCUT2D eigenvalue weighted by Crippen LogP contribution is -2.46. The predicted octanol–water partition coefficient (Wildman–Crippen LogP) is 1.61. The molecule has 10 heteroatoms. The number of imide groups is 1. The summed E-state index contributed by atoms with van der Waals surface area (Å²) in [5.41, 5.74) is 0.907. The molecule has 0 radical (unpaired) electrons. The van der Waals surface area contributed by atoms with Crippen LogP contribution in [0.5, 0.6) is 5.75 Å². The molecule has 1 aromatic heterocycles. The molecule has 1 spiro atoms. The van der Waals surface area contributed by atoms with Gasteiger partial charge in [-0.25, -0.2) is 0 Å². The van der Waals surface area contributed by atoms with Gasteiger partial charge in [0, 0.05) is 29.6 Å². The van der Waals surface area contributed by atoms with Crippen LogP contribution in [-0.4, -0.2) is 48.0 Å². The lowest BCUT2D eigenvalue weighted by Gasteiger charge is -2.28. The van der Waals surface area contributed by atoms with E-state index in [0.717, 1.165) is 16.5 Å². The standard InChI is InChI=1S/C28H23N3O7/c1-37-16-4-2-15-12-31(25(35)18(15)9-16)13-27(11-23(34)29-26(27)36)21-8-14-3-5-19-17(24(14)38-21)6-7-28(19)20(32)10-22(33)30-28/h2-5,8-9H,6-7,10-13H2,1H3,(H,30,33)(H,29,34,36)/t27-,28?/m1/s1. The number of benzene rings is 2. The Bertz CT molecular complexity index is 1640. The number of ketones is 1. The SMILES string of the molecule is COc1ccc2c(c1)C(=O)N(C[C@@]1(c3cc4ccc5c(c4o3)CCC53NC(=O)CC3=O)CC(=O)NC1=O)C2. The number of hydrogen-bond donors (Lipinski definition) is 2. The van der Waals surface area contributed by atoms with E-state index in [1.807, 2.05) is 12.1 Å². The van der Waals surface area contributed by atoms with Crippen LogP contribution < -0.4 is 15.4 Å². The number of Topliss-reactive ketones (excluding diaryl/α,β-unsaturated/α-hetero) is 1. The molecule has 7 rings (SSSR count). The maximum Gasteiger partial charge on any atom is 0.254 e. The largest absolute Gasteiger partial charge is 0.497 e. The summed E-state index contributed by atoms with van der Waals surface area (Å²) in [5.74, 6) is -0.819. The van der Waals surface area contributed by atoms with E-state index in [1.165, 1.54) is 7.11 Å². The monoisotopic (exact) mass is 513 g/mol. The van der Waals surface area contributed by atoms with Gasteiger partial charge in [-0.2, -0.15) is 0 Å². The van der Waals surface area contributed by atoms with Crippen molar-refractivity contribution < 1.29 is 33.1 Å². The zero-order valence-electron chi connectivity index (χ0n) is 20.5. The number of carbonyl (C=O) groups is 5. The van der Waals surface area contributed by atoms with Crippen molar-refractivity contribution in [1.82, 2.24) is 15.5 Å². The van der Waals surface area contributed by atoms with Crippen LogP contribution in [0.3, 0.4) is 0 Å². The molecule has 1 aliphatic carbocycles. The molecule has 192 valence electrons. The molecule has 0 bridgehead atoms. The van der Waals surface area contributed by atoms with E-state index in [9.17, 15) is 24.0 Å². The van der Waals surface area contributed by atoms with E-state index in [2.05, 4.69) is 10.6 Å². The molecule has 2 saturated heterocycles. The minimum Gasteiger partial charge on any atom is -0.497 e. The van der Waals surface area contributed by atoms with Crippen LogP contribution >= 0.6 is 0 Å². The third kappa shape index (κ3) is 2.91. The molecule has 1 unspecified atom stereocenters. The Morgan fingerprint density at radius 2 is 1.89 bits per heavy atom. The number of carbonyl (C=O) groups excluding carboxylic acids is 5. The molecule has 0 saturated carbocycles. The summed E-state index contributed by atoms with van der Waals surface area (Å²) in [4.78, 5) is 65.4. The van der Waals surface area contributed by atoms with Gasteiger partial charge in [-0.15, -0.1) is 0 Å². The van der Waals surface area contributed by atoms with Gasteiger partial charge in [-0.1, -0.05) is 18.2 Å². The van der Waals surface area contributed by atoms with Gasteiger partial charge in [0.2, 0.25) is 17.7 Å². The van der Waals surface area contributed by atoms with Crippen molar-refractivity contribution in [3.63, 3.8) is 0 Å². The highest BCUT2D eigenvalue weighted by Crippen LogP contribution is 2.46. The van der Waals surface area contributed by atoms with E-state index in [0.29, 0.717) is 41.8 Å². The second-order valence-corrected chi connectivity index (χ2v) is 10.5. The van der Waals surface area contributed by atoms with Crippen molar-refractivity contribution >= 4 is 40.4 Å². The van der Waals surface area contributed by atoms with Gasteiger partial charge in [-0.05, 0) is 42.2 Å². The van der Waals surface area contributed by atoms with Gasteiger partial charge in [0.25, 0.3) is 5.91 Å². The summed E-state index contributed by atoms with van der Waals surface area (Å²) in [6.07, 6.45) is 0.655. The molecule has 38 heavy (non-hydrogen) atoms. The van der Waals surface area contributed by atoms with Crippen molar-refractivity contribution in [2.45, 2.75) is 43.2 Å². The van der Waals surface area contributed by atoms with Crippen LogP contribution in [0, 0.1) is 0 Å². The minimum absolute atomic E-state index is 0.0408. The van der Waals surface area contributed by atoms with Crippen molar-refractivity contribution in [1.29, 1.82) is 0 Å². The third-order valence-electron chi connectivity index (χ3n) is 8.43. The first-order chi connectivity index (χ1) is 18.2. The highest BCUT2D eigenvalue weighted by Gasteiger charge is 2.54. The molecule has 4 aliphatic rings. The van der Waals surface area contributed by atoms with Gasteiger partial charge in [-0.3, -0.25) is 29.3 Å². The molecule has 4 amide bonds. The fraction of sp³-hybridized carbons (Fsp3) is 0.321. The van der Waals surface area contributed by atoms with Crippen molar-refractivity contribution in [2.24, 2.45) is 0 Å². The summed E-state index contributed by atoms with van der Waals surface area (Å²) < 4.78 is 11.6. The van der Waals surface area contributed by atoms with Gasteiger partial charge in [0.15, 0.2) is 5.78 Å². The predicted molar refractivity (Wildman–Crippen MR) is 131 cm³/mol. The number of fused-ring (bicyclic) bond motifs is 5. The van der Waals surface area contributed by atoms with Gasteiger partial charge >= 0.3 is 0 Å². The lowest BCUT2D eigenvalue weighted by atomic mass is 9.82. The van der Waals surface area contributed by atoms with Crippen LogP contribution in [0.15, 0.2) is 40.8 Å². The summed E-state index contributed by atoms with van der Waals surface area (Å²) in [6.45, 7) is 0.252. The Kier molecular flexibility index (Phi) is 4.50. The molecule has 3 aliphatic heterocycles. The number of aryl methyl sites for hydroxylation is 1. The molecule has 3 aromatic rings. The fourth-order valence-corrected chi connectivity index (χ4v) is 6.53. The van der Waals surface area contributed by atoms with E-state index in [-0.39, 0.29) is 42.7 Å². The number of nitrogens with one attached hydrogen (secondary N) is 2. The second kappa shape index (κ2) is 7.53. The Morgan fingerprint density at radius 3 is 2.61 bits per heavy atom. The van der Waals surface area contributed by atoms with Crippen molar-refractivity contribution in [3.05, 3.63) is 64.4 Å². The smallest absolute Gasteiger partial charge is 0.254 e. The molecule has 2 atom stereocenters. The lowest BCUT2D eigenvalue weighted by molar-refractivity contribution is -0.127. The zero-order chi connectivity index (χ0) is 26.4. The zero-order valence-corrected chi connectivity index (χ0v) is 20.5. The van der Waals surface area contributed by atoms with E-state index in [1.54, 1.807) is 29.2 Å². The maximum atomic E-state index is 13.3. The Hall–Kier alpha value is -4.47. The number of rotatable bonds is 4. The molecule has 2 N–H and O–H groups in total. The summed E-state index contributed by atoms with van der Waals surface area (Å²) in [5, 5.41) is 5.98. The Morgan fingerprint density at radius 1 is 1.05 bits per heavy atom. The van der Waals surface area contributed by atoms with Crippen molar-refractivity contribution in [3.8, 4) is 5.75 Å². The Labute approximate surface area is 216 Å². The molecular weight excluding hydrogens is 490 g/mol. The first-order valence-corrected chi connectivity index (χ1v) is 12.5. The van der Waals surface area contributed by atoms with Gasteiger partial charge in [0.05, 0.1) is 20.0 Å². The highest BCUT2D eigenvalue weighted by atomic mass is 16.5. The average Bonchev–Trinajstić information content (AvgIpc) is 3.67. The summed E-state index contributed by atoms with van der Waals surface area (Å²) in [6, 6.07) is 10.6. The average molecular weight is 514 g/mol. The number of nitrogens with zero attached hydrogens (tertiary/aromatic N) is 1. The van der Waals surface area contributed by atoms with Crippen LogP contribution in [0.2, 0.25) is 0 Å². The first kappa shape index (κ1) is 22.7.